The predicted molar refractivity (Wildman–Crippen MR) is 80.2 cm³/mol. The van der Waals surface area contributed by atoms with E-state index in [9.17, 15) is 40.5 Å². The van der Waals surface area contributed by atoms with Crippen LogP contribution in [0.5, 0.6) is 0 Å². The van der Waals surface area contributed by atoms with Crippen LogP contribution in [0, 0.1) is 0 Å². The fourth-order valence-corrected chi connectivity index (χ4v) is 2.98. The number of aliphatic hydroxyl groups is 7. The van der Waals surface area contributed by atoms with Crippen molar-refractivity contribution in [3.63, 3.8) is 0 Å². The highest BCUT2D eigenvalue weighted by Gasteiger charge is 2.50. The molecule has 2 saturated heterocycles. The Morgan fingerprint density at radius 1 is 0.923 bits per heavy atom. The van der Waals surface area contributed by atoms with Gasteiger partial charge in [-0.2, -0.15) is 0 Å². The van der Waals surface area contributed by atoms with Gasteiger partial charge in [-0.15, -0.1) is 0 Å². The number of ether oxygens (including phenoxy) is 3. The number of amides is 1. The molecule has 0 aliphatic carbocycles. The van der Waals surface area contributed by atoms with Gasteiger partial charge in [0, 0.05) is 6.92 Å². The van der Waals surface area contributed by atoms with Crippen LogP contribution in [0.3, 0.4) is 0 Å². The Morgan fingerprint density at radius 3 is 2.08 bits per heavy atom. The number of hydrogen-bond acceptors (Lipinski definition) is 11. The molecule has 2 aliphatic rings. The third-order valence-electron chi connectivity index (χ3n) is 4.38. The number of carbonyl (C=O) groups is 1. The fourth-order valence-electron chi connectivity index (χ4n) is 2.98. The molecular formula is C14H25NO11. The van der Waals surface area contributed by atoms with E-state index in [1.807, 2.05) is 0 Å². The zero-order valence-corrected chi connectivity index (χ0v) is 14.0. The molecule has 8 N–H and O–H groups in total. The Bertz CT molecular complexity index is 478. The molecule has 0 aromatic rings. The normalized spacial score (nSPS) is 46.8. The molecule has 0 spiro atoms. The summed E-state index contributed by atoms with van der Waals surface area (Å²) >= 11 is 0. The molecule has 1 amide bonds. The van der Waals surface area contributed by atoms with E-state index in [-0.39, 0.29) is 0 Å². The second-order valence-electron chi connectivity index (χ2n) is 6.26. The summed E-state index contributed by atoms with van der Waals surface area (Å²) in [6, 6.07) is -1.29. The third-order valence-corrected chi connectivity index (χ3v) is 4.38. The standard InChI is InChI=1S/C14H25NO11/c1-4(18)15-7-9(20)12(6(3-17)24-13(7)23)26-14-11(22)10(21)8(19)5(2-16)25-14/h5-14,16-17,19-23H,2-3H2,1H3,(H,15,18)/t5-,6-,7-,8-,9+,10+,11-,12-,13+,14-/m1/s1. The van der Waals surface area contributed by atoms with Crippen LogP contribution in [-0.4, -0.2) is 116 Å². The van der Waals surface area contributed by atoms with E-state index in [1.54, 1.807) is 0 Å². The van der Waals surface area contributed by atoms with Gasteiger partial charge in [0.1, 0.15) is 48.8 Å². The van der Waals surface area contributed by atoms with Crippen molar-refractivity contribution in [2.45, 2.75) is 68.3 Å². The van der Waals surface area contributed by atoms with Gasteiger partial charge >= 0.3 is 0 Å². The molecule has 0 saturated carbocycles. The van der Waals surface area contributed by atoms with Crippen molar-refractivity contribution < 1.29 is 54.8 Å². The quantitative estimate of drug-likeness (QED) is 0.226. The van der Waals surface area contributed by atoms with E-state index in [4.69, 9.17) is 14.2 Å². The van der Waals surface area contributed by atoms with Crippen molar-refractivity contribution in [3.8, 4) is 0 Å². The van der Waals surface area contributed by atoms with Gasteiger partial charge in [-0.25, -0.2) is 0 Å². The van der Waals surface area contributed by atoms with Crippen LogP contribution in [0.2, 0.25) is 0 Å². The Balaban J connectivity index is 2.16. The molecule has 0 radical (unpaired) electrons. The average Bonchev–Trinajstić information content (AvgIpc) is 2.60. The summed E-state index contributed by atoms with van der Waals surface area (Å²) in [6.45, 7) is -0.195. The lowest BCUT2D eigenvalue weighted by atomic mass is 9.95. The Labute approximate surface area is 148 Å². The van der Waals surface area contributed by atoms with Crippen LogP contribution in [0.25, 0.3) is 0 Å². The van der Waals surface area contributed by atoms with Gasteiger partial charge in [-0.1, -0.05) is 0 Å². The van der Waals surface area contributed by atoms with Crippen molar-refractivity contribution in [2.24, 2.45) is 0 Å². The lowest BCUT2D eigenvalue weighted by molar-refractivity contribution is -0.345. The van der Waals surface area contributed by atoms with Crippen LogP contribution in [0.4, 0.5) is 0 Å². The highest BCUT2D eigenvalue weighted by molar-refractivity contribution is 5.73. The Kier molecular flexibility index (Phi) is 7.27. The van der Waals surface area contributed by atoms with Gasteiger partial charge in [0.15, 0.2) is 12.6 Å². The molecule has 152 valence electrons. The number of rotatable bonds is 5. The second-order valence-corrected chi connectivity index (χ2v) is 6.26. The SMILES string of the molecule is CC(=O)N[C@@H]1[C@H](O)[C@H](O[C@H]2O[C@H](CO)[C@@H](O)[C@H](O)[C@H]2O)[C@@H](CO)O[C@@H]1O. The molecule has 0 aromatic carbocycles. The maximum absolute atomic E-state index is 11.2. The number of aliphatic hydroxyl groups excluding tert-OH is 7. The summed E-state index contributed by atoms with van der Waals surface area (Å²) in [5.41, 5.74) is 0. The molecule has 0 bridgehead atoms. The van der Waals surface area contributed by atoms with Gasteiger partial charge in [0.05, 0.1) is 13.2 Å². The monoisotopic (exact) mass is 383 g/mol. The fraction of sp³-hybridized carbons (Fsp3) is 0.929. The second kappa shape index (κ2) is 8.84. The van der Waals surface area contributed by atoms with E-state index in [0.717, 1.165) is 6.92 Å². The summed E-state index contributed by atoms with van der Waals surface area (Å²) in [6.07, 6.45) is -13.6. The predicted octanol–water partition coefficient (Wildman–Crippen LogP) is -5.25. The zero-order chi connectivity index (χ0) is 19.6. The van der Waals surface area contributed by atoms with Crippen molar-refractivity contribution in [2.75, 3.05) is 13.2 Å². The Morgan fingerprint density at radius 2 is 1.54 bits per heavy atom. The first-order valence-electron chi connectivity index (χ1n) is 8.06. The highest BCUT2D eigenvalue weighted by Crippen LogP contribution is 2.28. The molecule has 2 heterocycles. The van der Waals surface area contributed by atoms with Crippen LogP contribution in [-0.2, 0) is 19.0 Å². The lowest BCUT2D eigenvalue weighted by Gasteiger charge is -2.46. The van der Waals surface area contributed by atoms with Crippen LogP contribution in [0.15, 0.2) is 0 Å². The number of hydrogen-bond donors (Lipinski definition) is 8. The molecular weight excluding hydrogens is 358 g/mol. The molecule has 26 heavy (non-hydrogen) atoms. The summed E-state index contributed by atoms with van der Waals surface area (Å²) in [5, 5.41) is 70.7. The molecule has 10 atom stereocenters. The minimum atomic E-state index is -1.73. The van der Waals surface area contributed by atoms with Crippen molar-refractivity contribution >= 4 is 5.91 Å². The molecule has 12 heteroatoms. The minimum Gasteiger partial charge on any atom is -0.394 e. The van der Waals surface area contributed by atoms with E-state index < -0.39 is 80.5 Å². The van der Waals surface area contributed by atoms with Crippen molar-refractivity contribution in [1.29, 1.82) is 0 Å². The molecule has 2 fully saturated rings. The topological polar surface area (TPSA) is 198 Å². The van der Waals surface area contributed by atoms with Crippen LogP contribution >= 0.6 is 0 Å². The lowest BCUT2D eigenvalue weighted by Crippen LogP contribution is -2.67. The first-order chi connectivity index (χ1) is 12.2. The van der Waals surface area contributed by atoms with E-state index in [1.165, 1.54) is 0 Å². The first kappa shape index (κ1) is 21.4. The molecule has 2 rings (SSSR count). The van der Waals surface area contributed by atoms with Gasteiger partial charge in [0.25, 0.3) is 0 Å². The van der Waals surface area contributed by atoms with E-state index >= 15 is 0 Å². The molecule has 0 aromatic heterocycles. The summed E-state index contributed by atoms with van der Waals surface area (Å²) in [5.74, 6) is -0.564. The summed E-state index contributed by atoms with van der Waals surface area (Å²) < 4.78 is 15.7. The van der Waals surface area contributed by atoms with Crippen molar-refractivity contribution in [1.82, 2.24) is 5.32 Å². The van der Waals surface area contributed by atoms with E-state index in [0.29, 0.717) is 0 Å². The maximum Gasteiger partial charge on any atom is 0.217 e. The Hall–Kier alpha value is -0.930. The average molecular weight is 383 g/mol. The van der Waals surface area contributed by atoms with Gasteiger partial charge in [-0.3, -0.25) is 4.79 Å². The summed E-state index contributed by atoms with van der Waals surface area (Å²) in [4.78, 5) is 11.2. The van der Waals surface area contributed by atoms with Gasteiger partial charge < -0.3 is 55.3 Å². The maximum atomic E-state index is 11.2. The van der Waals surface area contributed by atoms with Crippen molar-refractivity contribution in [3.05, 3.63) is 0 Å². The largest absolute Gasteiger partial charge is 0.394 e. The minimum absolute atomic E-state index is 0.564. The molecule has 12 nitrogen and oxygen atoms in total. The van der Waals surface area contributed by atoms with E-state index in [2.05, 4.69) is 5.32 Å². The van der Waals surface area contributed by atoms with Crippen LogP contribution in [0.1, 0.15) is 6.92 Å². The summed E-state index contributed by atoms with van der Waals surface area (Å²) in [7, 11) is 0. The zero-order valence-electron chi connectivity index (χ0n) is 14.0. The molecule has 0 unspecified atom stereocenters. The highest BCUT2D eigenvalue weighted by atomic mass is 16.7. The van der Waals surface area contributed by atoms with Gasteiger partial charge in [-0.05, 0) is 0 Å². The first-order valence-corrected chi connectivity index (χ1v) is 8.06. The third kappa shape index (κ3) is 4.31. The number of nitrogens with one attached hydrogen (secondary N) is 1. The number of carbonyl (C=O) groups excluding carboxylic acids is 1. The smallest absolute Gasteiger partial charge is 0.217 e. The van der Waals surface area contributed by atoms with Crippen LogP contribution < -0.4 is 5.32 Å². The van der Waals surface area contributed by atoms with Gasteiger partial charge in [0.2, 0.25) is 5.91 Å². The molecule has 2 aliphatic heterocycles.